The van der Waals surface area contributed by atoms with Crippen LogP contribution in [0.2, 0.25) is 0 Å². The number of amides is 1. The van der Waals surface area contributed by atoms with Crippen LogP contribution >= 0.6 is 0 Å². The van der Waals surface area contributed by atoms with Crippen molar-refractivity contribution in [2.24, 2.45) is 5.73 Å². The van der Waals surface area contributed by atoms with Gasteiger partial charge in [0.25, 0.3) is 0 Å². The van der Waals surface area contributed by atoms with Gasteiger partial charge in [0, 0.05) is 25.0 Å². The second-order valence-corrected chi connectivity index (χ2v) is 7.22. The van der Waals surface area contributed by atoms with Gasteiger partial charge in [-0.3, -0.25) is 0 Å². The average Bonchev–Trinajstić information content (AvgIpc) is 2.87. The molecule has 1 saturated heterocycles. The summed E-state index contributed by atoms with van der Waals surface area (Å²) in [7, 11) is 0. The van der Waals surface area contributed by atoms with Gasteiger partial charge in [-0.25, -0.2) is 4.79 Å². The molecule has 2 aromatic rings. The summed E-state index contributed by atoms with van der Waals surface area (Å²) in [5, 5.41) is 2.41. The maximum Gasteiger partial charge on any atom is 0.410 e. The van der Waals surface area contributed by atoms with E-state index in [1.807, 2.05) is 32.9 Å². The number of rotatable bonds is 1. The molecule has 1 heterocycles. The lowest BCUT2D eigenvalue weighted by molar-refractivity contribution is 0.0290. The molecule has 0 radical (unpaired) electrons. The van der Waals surface area contributed by atoms with Crippen LogP contribution in [0.3, 0.4) is 0 Å². The second-order valence-electron chi connectivity index (χ2n) is 7.22. The Bertz CT molecular complexity index is 715. The van der Waals surface area contributed by atoms with E-state index in [1.54, 1.807) is 4.90 Å². The van der Waals surface area contributed by atoms with Gasteiger partial charge >= 0.3 is 6.09 Å². The molecule has 2 atom stereocenters. The number of hydrogen-bond acceptors (Lipinski definition) is 3. The average molecular weight is 312 g/mol. The van der Waals surface area contributed by atoms with E-state index in [0.29, 0.717) is 13.1 Å². The largest absolute Gasteiger partial charge is 0.444 e. The lowest BCUT2D eigenvalue weighted by Gasteiger charge is -2.24. The van der Waals surface area contributed by atoms with E-state index >= 15 is 0 Å². The Morgan fingerprint density at radius 1 is 1.13 bits per heavy atom. The summed E-state index contributed by atoms with van der Waals surface area (Å²) in [6, 6.07) is 14.5. The van der Waals surface area contributed by atoms with Crippen molar-refractivity contribution < 1.29 is 9.53 Å². The van der Waals surface area contributed by atoms with Gasteiger partial charge in [-0.15, -0.1) is 0 Å². The fourth-order valence-corrected chi connectivity index (χ4v) is 3.21. The Morgan fingerprint density at radius 2 is 1.83 bits per heavy atom. The quantitative estimate of drug-likeness (QED) is 0.877. The molecule has 0 bridgehead atoms. The minimum atomic E-state index is -0.487. The Labute approximate surface area is 137 Å². The van der Waals surface area contributed by atoms with Crippen molar-refractivity contribution in [3.05, 3.63) is 48.0 Å². The number of nitrogens with zero attached hydrogens (tertiary/aromatic N) is 1. The van der Waals surface area contributed by atoms with Gasteiger partial charge in [-0.2, -0.15) is 0 Å². The van der Waals surface area contributed by atoms with Gasteiger partial charge in [0.15, 0.2) is 0 Å². The number of carbonyl (C=O) groups is 1. The molecule has 0 spiro atoms. The Hall–Kier alpha value is -2.07. The highest BCUT2D eigenvalue weighted by atomic mass is 16.6. The van der Waals surface area contributed by atoms with Crippen LogP contribution in [0.4, 0.5) is 4.79 Å². The zero-order chi connectivity index (χ0) is 16.6. The van der Waals surface area contributed by atoms with Gasteiger partial charge in [0.05, 0.1) is 0 Å². The molecule has 1 amide bonds. The maximum absolute atomic E-state index is 12.3. The van der Waals surface area contributed by atoms with Crippen LogP contribution in [0.25, 0.3) is 10.8 Å². The Morgan fingerprint density at radius 3 is 2.57 bits per heavy atom. The van der Waals surface area contributed by atoms with E-state index in [4.69, 9.17) is 10.5 Å². The number of likely N-dealkylation sites (tertiary alicyclic amines) is 1. The number of fused-ring (bicyclic) bond motifs is 1. The van der Waals surface area contributed by atoms with E-state index in [-0.39, 0.29) is 18.1 Å². The molecule has 2 N–H and O–H groups in total. The zero-order valence-corrected chi connectivity index (χ0v) is 14.0. The highest BCUT2D eigenvalue weighted by Gasteiger charge is 2.36. The fraction of sp³-hybridized carbons (Fsp3) is 0.421. The van der Waals surface area contributed by atoms with Crippen LogP contribution in [0.15, 0.2) is 42.5 Å². The predicted octanol–water partition coefficient (Wildman–Crippen LogP) is 3.50. The first-order chi connectivity index (χ1) is 10.8. The van der Waals surface area contributed by atoms with Crippen molar-refractivity contribution >= 4 is 16.9 Å². The van der Waals surface area contributed by atoms with Crippen LogP contribution in [0.5, 0.6) is 0 Å². The van der Waals surface area contributed by atoms with Gasteiger partial charge < -0.3 is 15.4 Å². The lowest BCUT2D eigenvalue weighted by Crippen LogP contribution is -2.36. The minimum absolute atomic E-state index is 0.0756. The molecule has 0 aromatic heterocycles. The summed E-state index contributed by atoms with van der Waals surface area (Å²) in [6.07, 6.45) is -0.282. The van der Waals surface area contributed by atoms with Gasteiger partial charge in [-0.05, 0) is 37.1 Å². The second kappa shape index (κ2) is 5.85. The molecule has 1 fully saturated rings. The molecule has 122 valence electrons. The van der Waals surface area contributed by atoms with E-state index in [2.05, 4.69) is 30.3 Å². The third-order valence-electron chi connectivity index (χ3n) is 4.24. The van der Waals surface area contributed by atoms with Crippen LogP contribution < -0.4 is 5.73 Å². The molecule has 23 heavy (non-hydrogen) atoms. The van der Waals surface area contributed by atoms with E-state index in [9.17, 15) is 4.79 Å². The van der Waals surface area contributed by atoms with Gasteiger partial charge in [0.1, 0.15) is 5.60 Å². The first-order valence-electron chi connectivity index (χ1n) is 8.06. The predicted molar refractivity (Wildman–Crippen MR) is 92.5 cm³/mol. The number of hydrogen-bond donors (Lipinski definition) is 1. The number of nitrogens with two attached hydrogens (primary N) is 1. The molecule has 4 nitrogen and oxygen atoms in total. The topological polar surface area (TPSA) is 55.6 Å². The van der Waals surface area contributed by atoms with Crippen molar-refractivity contribution in [1.29, 1.82) is 0 Å². The molecular weight excluding hydrogens is 288 g/mol. The summed E-state index contributed by atoms with van der Waals surface area (Å²) < 4.78 is 5.47. The van der Waals surface area contributed by atoms with Crippen molar-refractivity contribution in [2.75, 3.05) is 13.1 Å². The molecule has 4 heteroatoms. The minimum Gasteiger partial charge on any atom is -0.444 e. The molecule has 1 aliphatic rings. The molecular formula is C19H24N2O2. The highest BCUT2D eigenvalue weighted by Crippen LogP contribution is 2.32. The number of carbonyl (C=O) groups excluding carboxylic acids is 1. The Balaban J connectivity index is 1.85. The Kier molecular flexibility index (Phi) is 4.02. The summed E-state index contributed by atoms with van der Waals surface area (Å²) >= 11 is 0. The van der Waals surface area contributed by atoms with E-state index < -0.39 is 5.60 Å². The molecule has 0 aliphatic carbocycles. The molecule has 0 saturated carbocycles. The summed E-state index contributed by atoms with van der Waals surface area (Å²) in [5.74, 6) is 0.133. The van der Waals surface area contributed by atoms with Crippen molar-refractivity contribution in [1.82, 2.24) is 4.90 Å². The zero-order valence-electron chi connectivity index (χ0n) is 14.0. The molecule has 2 unspecified atom stereocenters. The van der Waals surface area contributed by atoms with Crippen molar-refractivity contribution in [3.63, 3.8) is 0 Å². The van der Waals surface area contributed by atoms with E-state index in [1.165, 1.54) is 16.3 Å². The van der Waals surface area contributed by atoms with Gasteiger partial charge in [0.2, 0.25) is 0 Å². The third kappa shape index (κ3) is 3.32. The van der Waals surface area contributed by atoms with Crippen LogP contribution in [-0.4, -0.2) is 35.7 Å². The van der Waals surface area contributed by atoms with Crippen LogP contribution in [0.1, 0.15) is 32.3 Å². The number of benzene rings is 2. The maximum atomic E-state index is 12.3. The number of ether oxygens (including phenoxy) is 1. The highest BCUT2D eigenvalue weighted by molar-refractivity contribution is 5.86. The van der Waals surface area contributed by atoms with E-state index in [0.717, 1.165) is 0 Å². The summed E-state index contributed by atoms with van der Waals surface area (Å²) in [6.45, 7) is 6.77. The standard InChI is InChI=1S/C19H24N2O2/c1-19(2,3)23-18(22)21-11-16(17(20)12-21)15-10-6-8-13-7-4-5-9-14(13)15/h4-10,16-17H,11-12,20H2,1-3H3. The van der Waals surface area contributed by atoms with Crippen molar-refractivity contribution in [3.8, 4) is 0 Å². The summed E-state index contributed by atoms with van der Waals surface area (Å²) in [4.78, 5) is 14.0. The lowest BCUT2D eigenvalue weighted by atomic mass is 9.90. The van der Waals surface area contributed by atoms with Crippen LogP contribution in [0, 0.1) is 0 Å². The monoisotopic (exact) mass is 312 g/mol. The first kappa shape index (κ1) is 15.8. The smallest absolute Gasteiger partial charge is 0.410 e. The van der Waals surface area contributed by atoms with Crippen LogP contribution in [-0.2, 0) is 4.74 Å². The SMILES string of the molecule is CC(C)(C)OC(=O)N1CC(N)C(c2cccc3ccccc23)C1. The third-order valence-corrected chi connectivity index (χ3v) is 4.24. The van der Waals surface area contributed by atoms with Gasteiger partial charge in [-0.1, -0.05) is 42.5 Å². The normalized spacial score (nSPS) is 21.7. The molecule has 2 aromatic carbocycles. The molecule has 3 rings (SSSR count). The first-order valence-corrected chi connectivity index (χ1v) is 8.06. The summed E-state index contributed by atoms with van der Waals surface area (Å²) in [5.41, 5.74) is 7.07. The fourth-order valence-electron chi connectivity index (χ4n) is 3.21. The molecule has 1 aliphatic heterocycles. The van der Waals surface area contributed by atoms with Crippen molar-refractivity contribution in [2.45, 2.75) is 38.3 Å².